The Hall–Kier alpha value is -2.80. The second-order valence-corrected chi connectivity index (χ2v) is 8.51. The van der Waals surface area contributed by atoms with Gasteiger partial charge in [0.25, 0.3) is 0 Å². The fourth-order valence-corrected chi connectivity index (χ4v) is 4.13. The largest absolute Gasteiger partial charge is 0.346 e. The van der Waals surface area contributed by atoms with E-state index in [0.29, 0.717) is 23.4 Å². The van der Waals surface area contributed by atoms with Gasteiger partial charge in [0.05, 0.1) is 11.4 Å². The standard InChI is InChI=1S/C22H21N4O3P.ClH/c27-30(28,29)22(24-14-17-8-3-1-4-9-17)20-16-26(19-11-5-2-6-12-19)25-21(20)18-10-7-13-23-15-18;/h1-13,15-16,22,24H,14H2,(H2,27,28,29);1H. The quantitative estimate of drug-likeness (QED) is 0.358. The summed E-state index contributed by atoms with van der Waals surface area (Å²) < 4.78 is 14.1. The molecule has 7 nitrogen and oxygen atoms in total. The SMILES string of the molecule is Cl.O=P(O)(O)C(NCc1ccccc1)c1cn(-c2ccccc2)nc1-c1cccnc1. The monoisotopic (exact) mass is 456 g/mol. The molecule has 0 amide bonds. The van der Waals surface area contributed by atoms with Crippen LogP contribution in [0.2, 0.25) is 0 Å². The first-order chi connectivity index (χ1) is 14.5. The maximum atomic E-state index is 12.5. The molecule has 0 saturated carbocycles. The van der Waals surface area contributed by atoms with Crippen molar-refractivity contribution in [1.82, 2.24) is 20.1 Å². The number of aromatic nitrogens is 3. The first kappa shape index (κ1) is 22.9. The summed E-state index contributed by atoms with van der Waals surface area (Å²) in [6, 6.07) is 22.5. The maximum absolute atomic E-state index is 12.5. The smallest absolute Gasteiger partial charge is 0.323 e. The van der Waals surface area contributed by atoms with E-state index in [-0.39, 0.29) is 12.4 Å². The summed E-state index contributed by atoms with van der Waals surface area (Å²) in [5.41, 5.74) is 3.29. The summed E-state index contributed by atoms with van der Waals surface area (Å²) in [5, 5.41) is 7.66. The predicted molar refractivity (Wildman–Crippen MR) is 122 cm³/mol. The molecular weight excluding hydrogens is 435 g/mol. The molecule has 0 radical (unpaired) electrons. The highest BCUT2D eigenvalue weighted by Crippen LogP contribution is 2.52. The number of benzene rings is 2. The Morgan fingerprint density at radius 1 is 0.968 bits per heavy atom. The van der Waals surface area contributed by atoms with Gasteiger partial charge in [-0.1, -0.05) is 48.5 Å². The lowest BCUT2D eigenvalue weighted by molar-refractivity contribution is 0.347. The molecule has 9 heteroatoms. The molecule has 2 aromatic heterocycles. The van der Waals surface area contributed by atoms with Crippen molar-refractivity contribution in [3.8, 4) is 16.9 Å². The Bertz CT molecular complexity index is 1150. The molecular formula is C22H22ClN4O3P. The summed E-state index contributed by atoms with van der Waals surface area (Å²) in [6.45, 7) is 0.305. The average Bonchev–Trinajstić information content (AvgIpc) is 3.20. The lowest BCUT2D eigenvalue weighted by atomic mass is 10.1. The number of nitrogens with one attached hydrogen (secondary N) is 1. The number of hydrogen-bond acceptors (Lipinski definition) is 4. The molecule has 2 heterocycles. The van der Waals surface area contributed by atoms with Crippen molar-refractivity contribution in [1.29, 1.82) is 0 Å². The molecule has 2 aromatic carbocycles. The first-order valence-electron chi connectivity index (χ1n) is 9.40. The van der Waals surface area contributed by atoms with Crippen LogP contribution in [0.15, 0.2) is 91.4 Å². The van der Waals surface area contributed by atoms with Gasteiger partial charge in [-0.2, -0.15) is 5.10 Å². The molecule has 0 spiro atoms. The van der Waals surface area contributed by atoms with Crippen LogP contribution in [0.5, 0.6) is 0 Å². The molecule has 160 valence electrons. The van der Waals surface area contributed by atoms with Crippen LogP contribution in [0.3, 0.4) is 0 Å². The van der Waals surface area contributed by atoms with Gasteiger partial charge in [0, 0.05) is 36.3 Å². The van der Waals surface area contributed by atoms with Gasteiger partial charge in [-0.15, -0.1) is 12.4 Å². The molecule has 4 rings (SSSR count). The van der Waals surface area contributed by atoms with Crippen LogP contribution in [0, 0.1) is 0 Å². The van der Waals surface area contributed by atoms with Crippen molar-refractivity contribution >= 4 is 20.0 Å². The zero-order valence-corrected chi connectivity index (χ0v) is 18.2. The van der Waals surface area contributed by atoms with Crippen molar-refractivity contribution in [2.45, 2.75) is 12.3 Å². The van der Waals surface area contributed by atoms with Crippen molar-refractivity contribution < 1.29 is 14.4 Å². The Labute approximate surface area is 186 Å². The van der Waals surface area contributed by atoms with Gasteiger partial charge in [0.1, 0.15) is 5.78 Å². The van der Waals surface area contributed by atoms with E-state index in [0.717, 1.165) is 11.3 Å². The van der Waals surface area contributed by atoms with E-state index < -0.39 is 13.4 Å². The topological polar surface area (TPSA) is 100 Å². The molecule has 1 atom stereocenters. The van der Waals surface area contributed by atoms with Crippen LogP contribution < -0.4 is 5.32 Å². The fourth-order valence-electron chi connectivity index (χ4n) is 3.25. The van der Waals surface area contributed by atoms with E-state index in [4.69, 9.17) is 0 Å². The minimum atomic E-state index is -4.55. The van der Waals surface area contributed by atoms with Gasteiger partial charge >= 0.3 is 7.60 Å². The molecule has 1 unspecified atom stereocenters. The number of nitrogens with zero attached hydrogens (tertiary/aromatic N) is 3. The summed E-state index contributed by atoms with van der Waals surface area (Å²) >= 11 is 0. The van der Waals surface area contributed by atoms with E-state index in [1.807, 2.05) is 66.7 Å². The highest BCUT2D eigenvalue weighted by Gasteiger charge is 2.34. The van der Waals surface area contributed by atoms with Gasteiger partial charge in [-0.3, -0.25) is 14.9 Å². The normalized spacial score (nSPS) is 12.2. The Morgan fingerprint density at radius 2 is 1.65 bits per heavy atom. The highest BCUT2D eigenvalue weighted by atomic mass is 35.5. The predicted octanol–water partition coefficient (Wildman–Crippen LogP) is 4.32. The van der Waals surface area contributed by atoms with Crippen LogP contribution in [0.25, 0.3) is 16.9 Å². The van der Waals surface area contributed by atoms with Gasteiger partial charge in [-0.05, 0) is 29.8 Å². The van der Waals surface area contributed by atoms with Gasteiger partial charge < -0.3 is 9.79 Å². The number of rotatable bonds is 7. The molecule has 3 N–H and O–H groups in total. The molecule has 0 saturated heterocycles. The van der Waals surface area contributed by atoms with Crippen molar-refractivity contribution in [2.24, 2.45) is 0 Å². The third-order valence-corrected chi connectivity index (χ3v) is 5.80. The number of halogens is 1. The second-order valence-electron chi connectivity index (χ2n) is 6.81. The van der Waals surface area contributed by atoms with Crippen LogP contribution in [-0.2, 0) is 11.1 Å². The fraction of sp³-hybridized carbons (Fsp3) is 0.0909. The molecule has 31 heavy (non-hydrogen) atoms. The van der Waals surface area contributed by atoms with Crippen LogP contribution >= 0.6 is 20.0 Å². The second kappa shape index (κ2) is 10.0. The van der Waals surface area contributed by atoms with Gasteiger partial charge in [0.15, 0.2) is 0 Å². The molecule has 0 fully saturated rings. The Balaban J connectivity index is 0.00000272. The average molecular weight is 457 g/mol. The molecule has 0 aliphatic heterocycles. The van der Waals surface area contributed by atoms with Gasteiger partial charge in [-0.25, -0.2) is 4.68 Å². The Kier molecular flexibility index (Phi) is 7.38. The summed E-state index contributed by atoms with van der Waals surface area (Å²) in [5.74, 6) is -1.22. The summed E-state index contributed by atoms with van der Waals surface area (Å²) in [7, 11) is -4.55. The van der Waals surface area contributed by atoms with E-state index in [9.17, 15) is 14.4 Å². The van der Waals surface area contributed by atoms with Crippen molar-refractivity contribution in [3.05, 3.63) is 103 Å². The van der Waals surface area contributed by atoms with Gasteiger partial charge in [0.2, 0.25) is 0 Å². The molecule has 4 aromatic rings. The van der Waals surface area contributed by atoms with Crippen LogP contribution in [-0.4, -0.2) is 24.6 Å². The zero-order valence-electron chi connectivity index (χ0n) is 16.4. The van der Waals surface area contributed by atoms with Crippen molar-refractivity contribution in [2.75, 3.05) is 0 Å². The maximum Gasteiger partial charge on any atom is 0.346 e. The molecule has 0 aliphatic carbocycles. The van der Waals surface area contributed by atoms with E-state index in [2.05, 4.69) is 15.4 Å². The zero-order chi connectivity index (χ0) is 21.0. The minimum Gasteiger partial charge on any atom is -0.323 e. The highest BCUT2D eigenvalue weighted by molar-refractivity contribution is 7.52. The van der Waals surface area contributed by atoms with E-state index in [1.54, 1.807) is 29.3 Å². The number of para-hydroxylation sites is 1. The van der Waals surface area contributed by atoms with E-state index >= 15 is 0 Å². The van der Waals surface area contributed by atoms with Crippen molar-refractivity contribution in [3.63, 3.8) is 0 Å². The lowest BCUT2D eigenvalue weighted by Gasteiger charge is -2.20. The third kappa shape index (κ3) is 5.47. The molecule has 0 aliphatic rings. The van der Waals surface area contributed by atoms with Crippen LogP contribution in [0.4, 0.5) is 0 Å². The number of hydrogen-bond donors (Lipinski definition) is 3. The third-order valence-electron chi connectivity index (χ3n) is 4.67. The first-order valence-corrected chi connectivity index (χ1v) is 11.1. The van der Waals surface area contributed by atoms with E-state index in [1.165, 1.54) is 0 Å². The molecule has 0 bridgehead atoms. The van der Waals surface area contributed by atoms with Crippen LogP contribution in [0.1, 0.15) is 16.9 Å². The Morgan fingerprint density at radius 3 is 2.26 bits per heavy atom. The summed E-state index contributed by atoms with van der Waals surface area (Å²) in [4.78, 5) is 24.4. The minimum absolute atomic E-state index is 0. The lowest BCUT2D eigenvalue weighted by Crippen LogP contribution is -2.21. The summed E-state index contributed by atoms with van der Waals surface area (Å²) in [6.07, 6.45) is 4.94. The number of pyridine rings is 1.